The van der Waals surface area contributed by atoms with Crippen molar-refractivity contribution in [2.75, 3.05) is 47.5 Å². The molecule has 0 saturated heterocycles. The lowest BCUT2D eigenvalue weighted by Crippen LogP contribution is -2.37. The smallest absolute Gasteiger partial charge is 0.462 e. The molecule has 0 rings (SSSR count). The third-order valence-electron chi connectivity index (χ3n) is 10.5. The van der Waals surface area contributed by atoms with Gasteiger partial charge in [0.2, 0.25) is 0 Å². The van der Waals surface area contributed by atoms with Crippen LogP contribution in [0.1, 0.15) is 226 Å². The zero-order valence-electron chi connectivity index (χ0n) is 38.1. The number of carbonyl (C=O) groups is 2. The number of unbranched alkanes of at least 4 members (excludes halogenated alkanes) is 28. The van der Waals surface area contributed by atoms with Crippen LogP contribution in [0.5, 0.6) is 0 Å². The molecule has 57 heavy (non-hydrogen) atoms. The maximum atomic E-state index is 12.7. The van der Waals surface area contributed by atoms with E-state index < -0.39 is 26.5 Å². The quantitative estimate of drug-likeness (QED) is 0.0213. The van der Waals surface area contributed by atoms with Gasteiger partial charge in [-0.05, 0) is 38.5 Å². The van der Waals surface area contributed by atoms with Crippen LogP contribution in [-0.2, 0) is 32.7 Å². The van der Waals surface area contributed by atoms with Crippen molar-refractivity contribution in [2.24, 2.45) is 0 Å². The zero-order chi connectivity index (χ0) is 42.1. The van der Waals surface area contributed by atoms with Gasteiger partial charge in [0.15, 0.2) is 6.10 Å². The summed E-state index contributed by atoms with van der Waals surface area (Å²) in [7, 11) is 1.48. The molecule has 0 bridgehead atoms. The summed E-state index contributed by atoms with van der Waals surface area (Å²) in [4.78, 5) is 35.4. The highest BCUT2D eigenvalue weighted by atomic mass is 31.2. The van der Waals surface area contributed by atoms with Crippen LogP contribution in [0.2, 0.25) is 0 Å². The number of carbonyl (C=O) groups excluding carboxylic acids is 2. The summed E-state index contributed by atoms with van der Waals surface area (Å²) in [5.41, 5.74) is 0. The number of allylic oxidation sites excluding steroid dienone is 2. The number of nitrogens with zero attached hydrogens (tertiary/aromatic N) is 1. The van der Waals surface area contributed by atoms with Crippen molar-refractivity contribution in [1.29, 1.82) is 0 Å². The van der Waals surface area contributed by atoms with E-state index in [0.29, 0.717) is 17.4 Å². The molecule has 0 fully saturated rings. The van der Waals surface area contributed by atoms with Gasteiger partial charge in [-0.3, -0.25) is 18.6 Å². The highest BCUT2D eigenvalue weighted by Crippen LogP contribution is 2.43. The fraction of sp³-hybridized carbons (Fsp3) is 0.915. The van der Waals surface area contributed by atoms with E-state index in [1.165, 1.54) is 141 Å². The lowest BCUT2D eigenvalue weighted by atomic mass is 10.0. The van der Waals surface area contributed by atoms with Crippen LogP contribution in [0.25, 0.3) is 0 Å². The van der Waals surface area contributed by atoms with E-state index in [1.807, 2.05) is 21.1 Å². The van der Waals surface area contributed by atoms with Gasteiger partial charge >= 0.3 is 19.8 Å². The van der Waals surface area contributed by atoms with E-state index in [4.69, 9.17) is 18.5 Å². The molecule has 338 valence electrons. The molecule has 0 aromatic carbocycles. The minimum atomic E-state index is -4.37. The summed E-state index contributed by atoms with van der Waals surface area (Å²) in [6, 6.07) is 0. The zero-order valence-corrected chi connectivity index (χ0v) is 39.0. The van der Waals surface area contributed by atoms with E-state index in [1.54, 1.807) is 0 Å². The third kappa shape index (κ3) is 44.1. The van der Waals surface area contributed by atoms with E-state index >= 15 is 0 Å². The van der Waals surface area contributed by atoms with E-state index in [2.05, 4.69) is 26.0 Å². The van der Waals surface area contributed by atoms with Gasteiger partial charge in [0, 0.05) is 12.8 Å². The van der Waals surface area contributed by atoms with Crippen LogP contribution in [0.3, 0.4) is 0 Å². The normalized spacial score (nSPS) is 13.6. The maximum absolute atomic E-state index is 12.7. The lowest BCUT2D eigenvalue weighted by Gasteiger charge is -2.24. The van der Waals surface area contributed by atoms with Crippen LogP contribution in [0, 0.1) is 0 Å². The molecule has 0 heterocycles. The Hall–Kier alpha value is -1.25. The number of hydrogen-bond donors (Lipinski definition) is 1. The molecule has 0 spiro atoms. The molecule has 0 aromatic rings. The molecule has 0 aliphatic heterocycles. The maximum Gasteiger partial charge on any atom is 0.472 e. The fourth-order valence-electron chi connectivity index (χ4n) is 6.77. The van der Waals surface area contributed by atoms with Crippen molar-refractivity contribution >= 4 is 19.8 Å². The highest BCUT2D eigenvalue weighted by Gasteiger charge is 2.27. The van der Waals surface area contributed by atoms with Crippen molar-refractivity contribution in [3.63, 3.8) is 0 Å². The number of ether oxygens (including phenoxy) is 2. The predicted molar refractivity (Wildman–Crippen MR) is 238 cm³/mol. The molecule has 0 amide bonds. The molecule has 1 N–H and O–H groups in total. The average Bonchev–Trinajstić information content (AvgIpc) is 3.16. The fourth-order valence-corrected chi connectivity index (χ4v) is 7.52. The number of esters is 2. The minimum absolute atomic E-state index is 0.0338. The molecular weight excluding hydrogens is 737 g/mol. The molecule has 0 saturated carbocycles. The van der Waals surface area contributed by atoms with Crippen molar-refractivity contribution in [1.82, 2.24) is 0 Å². The Labute approximate surface area is 352 Å². The van der Waals surface area contributed by atoms with Crippen LogP contribution in [0.4, 0.5) is 0 Å². The Morgan fingerprint density at radius 3 is 1.30 bits per heavy atom. The van der Waals surface area contributed by atoms with Crippen LogP contribution in [0.15, 0.2) is 12.2 Å². The van der Waals surface area contributed by atoms with E-state index in [-0.39, 0.29) is 32.0 Å². The molecular formula is C47H93NO8P+. The average molecular weight is 831 g/mol. The van der Waals surface area contributed by atoms with Crippen LogP contribution in [-0.4, -0.2) is 74.9 Å². The molecule has 1 unspecified atom stereocenters. The Bertz CT molecular complexity index is 985. The molecule has 0 radical (unpaired) electrons. The molecule has 9 nitrogen and oxygen atoms in total. The largest absolute Gasteiger partial charge is 0.472 e. The van der Waals surface area contributed by atoms with Gasteiger partial charge in [-0.15, -0.1) is 0 Å². The summed E-state index contributed by atoms with van der Waals surface area (Å²) in [6.07, 6.45) is 42.5. The summed E-state index contributed by atoms with van der Waals surface area (Å²) in [5.74, 6) is -0.796. The monoisotopic (exact) mass is 831 g/mol. The van der Waals surface area contributed by atoms with Gasteiger partial charge < -0.3 is 18.9 Å². The summed E-state index contributed by atoms with van der Waals surface area (Å²) < 4.78 is 34.4. The van der Waals surface area contributed by atoms with E-state index in [0.717, 1.165) is 51.4 Å². The first-order chi connectivity index (χ1) is 27.5. The standard InChI is InChI=1S/C47H92NO8P/c1-6-8-10-12-14-16-18-20-22-23-24-26-28-30-32-34-36-38-40-47(50)56-45(44-55-57(51,52)54-42-41-48(3,4)5)43-53-46(49)39-37-35-33-31-29-27-25-21-19-17-15-13-11-9-7-2/h21,25,45H,6-20,22-24,26-44H2,1-5H3/p+1/b25-21+/t45-/m1/s1. The van der Waals surface area contributed by atoms with Gasteiger partial charge in [-0.25, -0.2) is 4.57 Å². The number of phosphoric acid groups is 1. The van der Waals surface area contributed by atoms with Crippen molar-refractivity contribution < 1.29 is 42.1 Å². The first-order valence-corrected chi connectivity index (χ1v) is 25.4. The predicted octanol–water partition coefficient (Wildman–Crippen LogP) is 13.8. The van der Waals surface area contributed by atoms with Gasteiger partial charge in [-0.2, -0.15) is 0 Å². The molecule has 0 aliphatic carbocycles. The topological polar surface area (TPSA) is 108 Å². The first-order valence-electron chi connectivity index (χ1n) is 23.9. The summed E-state index contributed by atoms with van der Waals surface area (Å²) in [5, 5.41) is 0. The number of likely N-dealkylation sites (N-methyl/N-ethyl adjacent to an activating group) is 1. The molecule has 2 atom stereocenters. The number of phosphoric ester groups is 1. The third-order valence-corrected chi connectivity index (χ3v) is 11.5. The van der Waals surface area contributed by atoms with Crippen LogP contribution >= 0.6 is 7.82 Å². The van der Waals surface area contributed by atoms with E-state index in [9.17, 15) is 19.0 Å². The second-order valence-corrected chi connectivity index (χ2v) is 19.0. The van der Waals surface area contributed by atoms with Gasteiger partial charge in [0.25, 0.3) is 0 Å². The minimum Gasteiger partial charge on any atom is -0.462 e. The molecule has 10 heteroatoms. The first kappa shape index (κ1) is 55.8. The van der Waals surface area contributed by atoms with Crippen molar-refractivity contribution in [2.45, 2.75) is 232 Å². The van der Waals surface area contributed by atoms with Gasteiger partial charge in [-0.1, -0.05) is 187 Å². The van der Waals surface area contributed by atoms with Crippen molar-refractivity contribution in [3.8, 4) is 0 Å². The second kappa shape index (κ2) is 40.2. The molecule has 0 aromatic heterocycles. The van der Waals surface area contributed by atoms with Crippen LogP contribution < -0.4 is 0 Å². The second-order valence-electron chi connectivity index (χ2n) is 17.5. The Kier molecular flexibility index (Phi) is 39.3. The Morgan fingerprint density at radius 2 is 0.895 bits per heavy atom. The number of quaternary nitrogens is 1. The van der Waals surface area contributed by atoms with Gasteiger partial charge in [0.1, 0.15) is 19.8 Å². The summed E-state index contributed by atoms with van der Waals surface area (Å²) in [6.45, 7) is 4.44. The highest BCUT2D eigenvalue weighted by molar-refractivity contribution is 7.47. The number of hydrogen-bond acceptors (Lipinski definition) is 7. The Balaban J connectivity index is 4.28. The Morgan fingerprint density at radius 1 is 0.526 bits per heavy atom. The van der Waals surface area contributed by atoms with Gasteiger partial charge in [0.05, 0.1) is 27.7 Å². The number of rotatable bonds is 44. The SMILES string of the molecule is CCCCCCCC/C=C/CCCCCCCC(=O)OC[C@H](COP(=O)(O)OCC[N+](C)(C)C)OC(=O)CCCCCCCCCCCCCCCCCCCC. The lowest BCUT2D eigenvalue weighted by molar-refractivity contribution is -0.870. The van der Waals surface area contributed by atoms with Crippen molar-refractivity contribution in [3.05, 3.63) is 12.2 Å². The molecule has 0 aliphatic rings. The summed E-state index contributed by atoms with van der Waals surface area (Å²) >= 11 is 0.